The van der Waals surface area contributed by atoms with Gasteiger partial charge in [-0.1, -0.05) is 6.08 Å². The second-order valence-corrected chi connectivity index (χ2v) is 2.04. The molecule has 0 amide bonds. The van der Waals surface area contributed by atoms with Crippen LogP contribution in [0.15, 0.2) is 12.3 Å². The van der Waals surface area contributed by atoms with Crippen molar-refractivity contribution in [1.29, 1.82) is 0 Å². The molecule has 44 valence electrons. The summed E-state index contributed by atoms with van der Waals surface area (Å²) in [7, 11) is 1.90. The molecule has 0 N–H and O–H groups in total. The quantitative estimate of drug-likeness (QED) is 0.451. The number of carbonyl (C=O) groups excluding carboxylic acids is 1. The molecule has 0 spiro atoms. The lowest BCUT2D eigenvalue weighted by Crippen LogP contribution is -2.23. The number of hydrogen-bond acceptors (Lipinski definition) is 2. The van der Waals surface area contributed by atoms with Crippen molar-refractivity contribution in [2.24, 2.45) is 0 Å². The lowest BCUT2D eigenvalue weighted by atomic mass is 10.2. The molecule has 0 unspecified atom stereocenters. The molecule has 1 rings (SSSR count). The summed E-state index contributed by atoms with van der Waals surface area (Å²) in [5, 5.41) is 0. The number of nitrogens with zero attached hydrogens (tertiary/aromatic N) is 1. The minimum absolute atomic E-state index is 0.301. The minimum Gasteiger partial charge on any atom is -0.373 e. The van der Waals surface area contributed by atoms with E-state index in [2.05, 4.69) is 0 Å². The number of likely N-dealkylation sites (N-methyl/N-ethyl adjacent to an activating group) is 1. The van der Waals surface area contributed by atoms with Crippen LogP contribution in [0.4, 0.5) is 0 Å². The molecular weight excluding hydrogens is 102 g/mol. The van der Waals surface area contributed by atoms with Crippen molar-refractivity contribution in [2.75, 3.05) is 13.6 Å². The normalized spacial score (nSPS) is 19.6. The van der Waals surface area contributed by atoms with E-state index >= 15 is 0 Å². The molecule has 0 fully saturated rings. The SMILES string of the molecule is CN1C=CCC(=O)C1. The third kappa shape index (κ3) is 1.09. The monoisotopic (exact) mass is 111 g/mol. The van der Waals surface area contributed by atoms with Crippen LogP contribution in [0.3, 0.4) is 0 Å². The summed E-state index contributed by atoms with van der Waals surface area (Å²) in [6, 6.07) is 0. The first kappa shape index (κ1) is 5.35. The minimum atomic E-state index is 0.301. The number of carbonyl (C=O) groups is 1. The van der Waals surface area contributed by atoms with Crippen molar-refractivity contribution in [3.05, 3.63) is 12.3 Å². The van der Waals surface area contributed by atoms with E-state index < -0.39 is 0 Å². The van der Waals surface area contributed by atoms with E-state index in [9.17, 15) is 4.79 Å². The maximum atomic E-state index is 10.6. The van der Waals surface area contributed by atoms with Crippen molar-refractivity contribution in [3.63, 3.8) is 0 Å². The Labute approximate surface area is 48.8 Å². The van der Waals surface area contributed by atoms with Crippen LogP contribution in [-0.2, 0) is 4.79 Å². The van der Waals surface area contributed by atoms with Crippen LogP contribution in [0.25, 0.3) is 0 Å². The third-order valence-electron chi connectivity index (χ3n) is 1.13. The smallest absolute Gasteiger partial charge is 0.155 e. The van der Waals surface area contributed by atoms with E-state index in [1.807, 2.05) is 24.2 Å². The fraction of sp³-hybridized carbons (Fsp3) is 0.500. The van der Waals surface area contributed by atoms with Gasteiger partial charge in [-0.2, -0.15) is 0 Å². The summed E-state index contributed by atoms with van der Waals surface area (Å²) in [5.41, 5.74) is 0. The number of hydrogen-bond donors (Lipinski definition) is 0. The standard InChI is InChI=1S/C6H9NO/c1-7-4-2-3-6(8)5-7/h2,4H,3,5H2,1H3. The molecule has 1 aliphatic rings. The van der Waals surface area contributed by atoms with Crippen LogP contribution >= 0.6 is 0 Å². The second-order valence-electron chi connectivity index (χ2n) is 2.04. The molecule has 2 heteroatoms. The summed E-state index contributed by atoms with van der Waals surface area (Å²) < 4.78 is 0. The van der Waals surface area contributed by atoms with Crippen LogP contribution in [0.5, 0.6) is 0 Å². The van der Waals surface area contributed by atoms with Gasteiger partial charge >= 0.3 is 0 Å². The highest BCUT2D eigenvalue weighted by atomic mass is 16.1. The predicted molar refractivity (Wildman–Crippen MR) is 31.4 cm³/mol. The largest absolute Gasteiger partial charge is 0.373 e. The highest BCUT2D eigenvalue weighted by Gasteiger charge is 2.04. The zero-order valence-corrected chi connectivity index (χ0v) is 4.92. The molecule has 1 heterocycles. The Morgan fingerprint density at radius 3 is 2.88 bits per heavy atom. The van der Waals surface area contributed by atoms with Crippen LogP contribution in [0.1, 0.15) is 6.42 Å². The van der Waals surface area contributed by atoms with E-state index in [1.165, 1.54) is 0 Å². The zero-order valence-electron chi connectivity index (χ0n) is 4.92. The van der Waals surface area contributed by atoms with Gasteiger partial charge in [-0.05, 0) is 6.20 Å². The fourth-order valence-electron chi connectivity index (χ4n) is 0.760. The summed E-state index contributed by atoms with van der Waals surface area (Å²) in [4.78, 5) is 12.5. The molecular formula is C6H9NO. The molecule has 0 aromatic carbocycles. The van der Waals surface area contributed by atoms with Crippen LogP contribution in [0.2, 0.25) is 0 Å². The van der Waals surface area contributed by atoms with Gasteiger partial charge in [0.15, 0.2) is 5.78 Å². The number of allylic oxidation sites excluding steroid dienone is 1. The summed E-state index contributed by atoms with van der Waals surface area (Å²) >= 11 is 0. The zero-order chi connectivity index (χ0) is 5.98. The van der Waals surface area contributed by atoms with Gasteiger partial charge in [0, 0.05) is 13.5 Å². The summed E-state index contributed by atoms with van der Waals surface area (Å²) in [6.07, 6.45) is 4.43. The van der Waals surface area contributed by atoms with Gasteiger partial charge in [-0.3, -0.25) is 4.79 Å². The molecule has 0 saturated carbocycles. The van der Waals surface area contributed by atoms with Gasteiger partial charge in [0.05, 0.1) is 6.54 Å². The number of ketones is 1. The topological polar surface area (TPSA) is 20.3 Å². The van der Waals surface area contributed by atoms with Gasteiger partial charge in [-0.15, -0.1) is 0 Å². The Morgan fingerprint density at radius 2 is 2.50 bits per heavy atom. The van der Waals surface area contributed by atoms with Gasteiger partial charge in [-0.25, -0.2) is 0 Å². The molecule has 0 atom stereocenters. The fourth-order valence-corrected chi connectivity index (χ4v) is 0.760. The Kier molecular flexibility index (Phi) is 1.33. The molecule has 0 radical (unpaired) electrons. The molecule has 0 aliphatic carbocycles. The first-order chi connectivity index (χ1) is 3.79. The highest BCUT2D eigenvalue weighted by Crippen LogP contribution is 1.97. The van der Waals surface area contributed by atoms with E-state index in [0.717, 1.165) is 0 Å². The Hall–Kier alpha value is -0.790. The van der Waals surface area contributed by atoms with Crippen molar-refractivity contribution in [3.8, 4) is 0 Å². The van der Waals surface area contributed by atoms with E-state index in [4.69, 9.17) is 0 Å². The molecule has 2 nitrogen and oxygen atoms in total. The van der Waals surface area contributed by atoms with Crippen LogP contribution in [0, 0.1) is 0 Å². The van der Waals surface area contributed by atoms with Crippen molar-refractivity contribution in [2.45, 2.75) is 6.42 Å². The predicted octanol–water partition coefficient (Wildman–Crippen LogP) is 0.405. The molecule has 0 aromatic heterocycles. The number of rotatable bonds is 0. The van der Waals surface area contributed by atoms with E-state index in [1.54, 1.807) is 0 Å². The van der Waals surface area contributed by atoms with Crippen LogP contribution < -0.4 is 0 Å². The second kappa shape index (κ2) is 1.99. The van der Waals surface area contributed by atoms with Gasteiger partial charge in [0.25, 0.3) is 0 Å². The van der Waals surface area contributed by atoms with Gasteiger partial charge < -0.3 is 4.90 Å². The third-order valence-corrected chi connectivity index (χ3v) is 1.13. The van der Waals surface area contributed by atoms with Crippen molar-refractivity contribution in [1.82, 2.24) is 4.90 Å². The first-order valence-electron chi connectivity index (χ1n) is 2.67. The van der Waals surface area contributed by atoms with Gasteiger partial charge in [0.2, 0.25) is 0 Å². The average molecular weight is 111 g/mol. The van der Waals surface area contributed by atoms with E-state index in [-0.39, 0.29) is 0 Å². The maximum absolute atomic E-state index is 10.6. The highest BCUT2D eigenvalue weighted by molar-refractivity contribution is 5.82. The molecule has 0 aromatic rings. The van der Waals surface area contributed by atoms with Crippen molar-refractivity contribution < 1.29 is 4.79 Å². The molecule has 1 aliphatic heterocycles. The average Bonchev–Trinajstić information content (AvgIpc) is 1.64. The maximum Gasteiger partial charge on any atom is 0.155 e. The van der Waals surface area contributed by atoms with Crippen LogP contribution in [-0.4, -0.2) is 24.3 Å². The summed E-state index contributed by atoms with van der Waals surface area (Å²) in [5.74, 6) is 0.301. The summed E-state index contributed by atoms with van der Waals surface area (Å²) in [6.45, 7) is 0.580. The Balaban J connectivity index is 2.54. The van der Waals surface area contributed by atoms with Crippen molar-refractivity contribution >= 4 is 5.78 Å². The lowest BCUT2D eigenvalue weighted by Gasteiger charge is -2.15. The lowest BCUT2D eigenvalue weighted by molar-refractivity contribution is -0.119. The molecule has 8 heavy (non-hydrogen) atoms. The molecule has 0 saturated heterocycles. The first-order valence-corrected chi connectivity index (χ1v) is 2.67. The Bertz CT molecular complexity index is 128. The molecule has 0 bridgehead atoms. The Morgan fingerprint density at radius 1 is 1.75 bits per heavy atom. The van der Waals surface area contributed by atoms with E-state index in [0.29, 0.717) is 18.7 Å². The van der Waals surface area contributed by atoms with Gasteiger partial charge in [0.1, 0.15) is 0 Å². The number of Topliss-reactive ketones (excluding diaryl/α,β-unsaturated/α-hetero) is 1.